The van der Waals surface area contributed by atoms with E-state index in [1.165, 1.54) is 0 Å². The van der Waals surface area contributed by atoms with Gasteiger partial charge in [-0.05, 0) is 48.9 Å². The van der Waals surface area contributed by atoms with Gasteiger partial charge in [0.15, 0.2) is 0 Å². The van der Waals surface area contributed by atoms with E-state index in [2.05, 4.69) is 0 Å². The highest BCUT2D eigenvalue weighted by atomic mass is 16.5. The normalized spacial score (nSPS) is 10.8. The Balaban J connectivity index is 1.60. The van der Waals surface area contributed by atoms with E-state index in [0.29, 0.717) is 6.61 Å². The molecule has 0 spiro atoms. The number of nitrogens with zero attached hydrogens (tertiary/aromatic N) is 3. The van der Waals surface area contributed by atoms with E-state index < -0.39 is 0 Å². The number of para-hydroxylation sites is 3. The Morgan fingerprint density at radius 3 is 2.55 bits per heavy atom. The Hall–Kier alpha value is -3.60. The molecular formula is C24H23N3O2. The third kappa shape index (κ3) is 4.14. The molecule has 0 fully saturated rings. The number of aromatic nitrogens is 2. The van der Waals surface area contributed by atoms with Crippen molar-refractivity contribution < 1.29 is 9.53 Å². The number of hydrogen-bond acceptors (Lipinski definition) is 3. The molecule has 4 aromatic rings. The van der Waals surface area contributed by atoms with Crippen LogP contribution in [0.4, 0.5) is 5.69 Å². The van der Waals surface area contributed by atoms with Gasteiger partial charge >= 0.3 is 0 Å². The molecule has 0 aliphatic rings. The summed E-state index contributed by atoms with van der Waals surface area (Å²) in [4.78, 5) is 19.3. The highest BCUT2D eigenvalue weighted by Crippen LogP contribution is 2.20. The first-order chi connectivity index (χ1) is 14.1. The van der Waals surface area contributed by atoms with Gasteiger partial charge in [-0.3, -0.25) is 4.79 Å². The van der Waals surface area contributed by atoms with Crippen LogP contribution in [0.2, 0.25) is 0 Å². The molecule has 0 bridgehead atoms. The Morgan fingerprint density at radius 1 is 1.00 bits per heavy atom. The molecule has 0 aliphatic carbocycles. The van der Waals surface area contributed by atoms with Gasteiger partial charge in [-0.2, -0.15) is 0 Å². The second-order valence-corrected chi connectivity index (χ2v) is 7.00. The molecule has 3 aromatic carbocycles. The number of anilines is 1. The lowest BCUT2D eigenvalue weighted by atomic mass is 10.2. The number of carbonyl (C=O) groups excluding carboxylic acids is 1. The Morgan fingerprint density at radius 2 is 1.76 bits per heavy atom. The van der Waals surface area contributed by atoms with E-state index in [4.69, 9.17) is 9.72 Å². The Kier molecular flexibility index (Phi) is 5.29. The predicted octanol–water partition coefficient (Wildman–Crippen LogP) is 4.59. The highest BCUT2D eigenvalue weighted by molar-refractivity contribution is 5.93. The smallest absolute Gasteiger partial charge is 0.246 e. The fourth-order valence-corrected chi connectivity index (χ4v) is 3.30. The third-order valence-corrected chi connectivity index (χ3v) is 4.90. The average Bonchev–Trinajstić information content (AvgIpc) is 3.10. The standard InChI is InChI=1S/C24H23N3O2/c1-18-9-8-12-20(15-18)29-17-23-25-21-13-6-7-14-22(21)27(23)16-24(28)26(2)19-10-4-3-5-11-19/h3-15H,16-17H2,1-2H3. The van der Waals surface area contributed by atoms with E-state index in [1.54, 1.807) is 11.9 Å². The molecule has 0 atom stereocenters. The Bertz CT molecular complexity index is 1140. The Labute approximate surface area is 170 Å². The van der Waals surface area contributed by atoms with Gasteiger partial charge in [0.05, 0.1) is 11.0 Å². The largest absolute Gasteiger partial charge is 0.486 e. The number of imidazole rings is 1. The van der Waals surface area contributed by atoms with Gasteiger partial charge in [-0.15, -0.1) is 0 Å². The van der Waals surface area contributed by atoms with Crippen LogP contribution in [0.5, 0.6) is 5.75 Å². The molecule has 0 unspecified atom stereocenters. The van der Waals surface area contributed by atoms with E-state index in [1.807, 2.05) is 90.4 Å². The predicted molar refractivity (Wildman–Crippen MR) is 115 cm³/mol. The first-order valence-corrected chi connectivity index (χ1v) is 9.57. The van der Waals surface area contributed by atoms with Gasteiger partial charge in [0.2, 0.25) is 5.91 Å². The van der Waals surface area contributed by atoms with Crippen LogP contribution in [0.15, 0.2) is 78.9 Å². The van der Waals surface area contributed by atoms with Crippen molar-refractivity contribution in [3.8, 4) is 5.75 Å². The number of amides is 1. The second kappa shape index (κ2) is 8.19. The number of ether oxygens (including phenoxy) is 1. The lowest BCUT2D eigenvalue weighted by Gasteiger charge is -2.19. The lowest BCUT2D eigenvalue weighted by Crippen LogP contribution is -2.30. The number of fused-ring (bicyclic) bond motifs is 1. The number of hydrogen-bond donors (Lipinski definition) is 0. The molecule has 1 aromatic heterocycles. The molecule has 0 N–H and O–H groups in total. The van der Waals surface area contributed by atoms with E-state index >= 15 is 0 Å². The van der Waals surface area contributed by atoms with Crippen LogP contribution in [0.1, 0.15) is 11.4 Å². The molecule has 5 heteroatoms. The summed E-state index contributed by atoms with van der Waals surface area (Å²) in [6.07, 6.45) is 0. The minimum absolute atomic E-state index is 0.0174. The van der Waals surface area contributed by atoms with Crippen LogP contribution >= 0.6 is 0 Å². The SMILES string of the molecule is Cc1cccc(OCc2nc3ccccc3n2CC(=O)N(C)c2ccccc2)c1. The maximum Gasteiger partial charge on any atom is 0.246 e. The van der Waals surface area contributed by atoms with Crippen molar-refractivity contribution in [2.45, 2.75) is 20.1 Å². The summed E-state index contributed by atoms with van der Waals surface area (Å²) in [6, 6.07) is 25.4. The number of benzene rings is 3. The number of rotatable bonds is 6. The van der Waals surface area contributed by atoms with Crippen molar-refractivity contribution in [1.82, 2.24) is 9.55 Å². The van der Waals surface area contributed by atoms with Gasteiger partial charge in [-0.25, -0.2) is 4.98 Å². The minimum Gasteiger partial charge on any atom is -0.486 e. The van der Waals surface area contributed by atoms with Gasteiger partial charge in [0.25, 0.3) is 0 Å². The highest BCUT2D eigenvalue weighted by Gasteiger charge is 2.17. The van der Waals surface area contributed by atoms with Gasteiger partial charge in [0, 0.05) is 12.7 Å². The maximum absolute atomic E-state index is 13.0. The summed E-state index contributed by atoms with van der Waals surface area (Å²) < 4.78 is 7.90. The topological polar surface area (TPSA) is 47.4 Å². The molecule has 1 heterocycles. The molecule has 0 saturated carbocycles. The summed E-state index contributed by atoms with van der Waals surface area (Å²) >= 11 is 0. The van der Waals surface area contributed by atoms with Crippen molar-refractivity contribution in [1.29, 1.82) is 0 Å². The zero-order chi connectivity index (χ0) is 20.2. The fraction of sp³-hybridized carbons (Fsp3) is 0.167. The maximum atomic E-state index is 13.0. The summed E-state index contributed by atoms with van der Waals surface area (Å²) in [6.45, 7) is 2.51. The molecule has 1 amide bonds. The van der Waals surface area contributed by atoms with Crippen molar-refractivity contribution >= 4 is 22.6 Å². The van der Waals surface area contributed by atoms with E-state index in [0.717, 1.165) is 33.9 Å². The van der Waals surface area contributed by atoms with Crippen LogP contribution in [0.3, 0.4) is 0 Å². The van der Waals surface area contributed by atoms with Gasteiger partial charge in [0.1, 0.15) is 24.7 Å². The molecular weight excluding hydrogens is 362 g/mol. The minimum atomic E-state index is -0.0174. The summed E-state index contributed by atoms with van der Waals surface area (Å²) in [5.74, 6) is 1.50. The zero-order valence-corrected chi connectivity index (χ0v) is 16.6. The van der Waals surface area contributed by atoms with Crippen LogP contribution in [0, 0.1) is 6.92 Å². The van der Waals surface area contributed by atoms with Crippen molar-refractivity contribution in [3.63, 3.8) is 0 Å². The molecule has 0 radical (unpaired) electrons. The average molecular weight is 385 g/mol. The van der Waals surface area contributed by atoms with Gasteiger partial charge < -0.3 is 14.2 Å². The van der Waals surface area contributed by atoms with Gasteiger partial charge in [-0.1, -0.05) is 42.5 Å². The number of aryl methyl sites for hydroxylation is 1. The fourth-order valence-electron chi connectivity index (χ4n) is 3.30. The number of likely N-dealkylation sites (N-methyl/N-ethyl adjacent to an activating group) is 1. The van der Waals surface area contributed by atoms with Crippen molar-refractivity contribution in [2.75, 3.05) is 11.9 Å². The summed E-state index contributed by atoms with van der Waals surface area (Å²) in [5.41, 5.74) is 3.77. The van der Waals surface area contributed by atoms with Crippen LogP contribution < -0.4 is 9.64 Å². The van der Waals surface area contributed by atoms with Crippen LogP contribution in [0.25, 0.3) is 11.0 Å². The summed E-state index contributed by atoms with van der Waals surface area (Å²) in [5, 5.41) is 0. The number of carbonyl (C=O) groups is 1. The first kappa shape index (κ1) is 18.7. The third-order valence-electron chi connectivity index (χ3n) is 4.90. The van der Waals surface area contributed by atoms with E-state index in [9.17, 15) is 4.79 Å². The molecule has 4 rings (SSSR count). The van der Waals surface area contributed by atoms with Crippen LogP contribution in [-0.2, 0) is 17.9 Å². The van der Waals surface area contributed by atoms with E-state index in [-0.39, 0.29) is 12.5 Å². The molecule has 29 heavy (non-hydrogen) atoms. The molecule has 0 saturated heterocycles. The van der Waals surface area contributed by atoms with Crippen molar-refractivity contribution in [3.05, 3.63) is 90.3 Å². The molecule has 146 valence electrons. The monoisotopic (exact) mass is 385 g/mol. The molecule has 5 nitrogen and oxygen atoms in total. The summed E-state index contributed by atoms with van der Waals surface area (Å²) in [7, 11) is 1.79. The second-order valence-electron chi connectivity index (χ2n) is 7.00. The molecule has 0 aliphatic heterocycles. The van der Waals surface area contributed by atoms with Crippen molar-refractivity contribution in [2.24, 2.45) is 0 Å². The van der Waals surface area contributed by atoms with Crippen LogP contribution in [-0.4, -0.2) is 22.5 Å². The quantitative estimate of drug-likeness (QED) is 0.488. The zero-order valence-electron chi connectivity index (χ0n) is 16.6. The lowest BCUT2D eigenvalue weighted by molar-refractivity contribution is -0.118. The first-order valence-electron chi connectivity index (χ1n) is 9.57.